The molecule has 1 heterocycles. The zero-order chi connectivity index (χ0) is 13.0. The van der Waals surface area contributed by atoms with Crippen LogP contribution in [0.1, 0.15) is 15.9 Å². The summed E-state index contributed by atoms with van der Waals surface area (Å²) in [6, 6.07) is 9.25. The predicted octanol–water partition coefficient (Wildman–Crippen LogP) is 3.15. The van der Waals surface area contributed by atoms with E-state index < -0.39 is 5.97 Å². The fourth-order valence-corrected chi connectivity index (χ4v) is 1.98. The summed E-state index contributed by atoms with van der Waals surface area (Å²) in [7, 11) is 0. The van der Waals surface area contributed by atoms with Crippen molar-refractivity contribution >= 4 is 27.6 Å². The van der Waals surface area contributed by atoms with Gasteiger partial charge < -0.3 is 10.4 Å². The van der Waals surface area contributed by atoms with Crippen molar-refractivity contribution in [3.8, 4) is 0 Å². The second-order valence-electron chi connectivity index (χ2n) is 3.67. The number of nitrogens with zero attached hydrogens (tertiary/aromatic N) is 1. The van der Waals surface area contributed by atoms with E-state index in [0.717, 1.165) is 10.0 Å². The lowest BCUT2D eigenvalue weighted by molar-refractivity contribution is 0.0698. The van der Waals surface area contributed by atoms with E-state index in [1.54, 1.807) is 0 Å². The average Bonchev–Trinajstić information content (AvgIpc) is 2.38. The van der Waals surface area contributed by atoms with Gasteiger partial charge in [0, 0.05) is 17.2 Å². The fraction of sp³-hybridized carbons (Fsp3) is 0.0769. The Balaban J connectivity index is 2.16. The molecule has 0 aliphatic rings. The third kappa shape index (κ3) is 2.87. The molecule has 1 aromatic carbocycles. The summed E-state index contributed by atoms with van der Waals surface area (Å²) in [6.45, 7) is 0.535. The molecule has 0 unspecified atom stereocenters. The molecule has 1 aromatic heterocycles. The SMILES string of the molecule is O=C(O)c1ccncc1NCc1ccccc1Br. The molecule has 0 radical (unpaired) electrons. The van der Waals surface area contributed by atoms with Crippen LogP contribution in [-0.4, -0.2) is 16.1 Å². The maximum atomic E-state index is 11.0. The van der Waals surface area contributed by atoms with Crippen LogP contribution in [0.5, 0.6) is 0 Å². The van der Waals surface area contributed by atoms with E-state index in [2.05, 4.69) is 26.2 Å². The van der Waals surface area contributed by atoms with Gasteiger partial charge in [-0.3, -0.25) is 4.98 Å². The fourth-order valence-electron chi connectivity index (χ4n) is 1.55. The van der Waals surface area contributed by atoms with Crippen LogP contribution in [0.4, 0.5) is 5.69 Å². The Labute approximate surface area is 113 Å². The van der Waals surface area contributed by atoms with Crippen LogP contribution in [0.25, 0.3) is 0 Å². The third-order valence-electron chi connectivity index (χ3n) is 2.48. The maximum Gasteiger partial charge on any atom is 0.337 e. The first-order valence-corrected chi connectivity index (χ1v) is 6.12. The van der Waals surface area contributed by atoms with Gasteiger partial charge in [0.1, 0.15) is 0 Å². The number of aromatic carboxylic acids is 1. The molecule has 5 heteroatoms. The van der Waals surface area contributed by atoms with Crippen LogP contribution in [0, 0.1) is 0 Å². The molecule has 18 heavy (non-hydrogen) atoms. The molecule has 0 fully saturated rings. The Morgan fingerprint density at radius 1 is 1.33 bits per heavy atom. The second kappa shape index (κ2) is 5.64. The third-order valence-corrected chi connectivity index (χ3v) is 3.25. The lowest BCUT2D eigenvalue weighted by atomic mass is 10.2. The van der Waals surface area contributed by atoms with Gasteiger partial charge in [0.05, 0.1) is 17.4 Å². The molecule has 2 N–H and O–H groups in total. The van der Waals surface area contributed by atoms with Crippen LogP contribution in [0.2, 0.25) is 0 Å². The molecule has 0 amide bonds. The number of carbonyl (C=O) groups is 1. The molecular formula is C13H11BrN2O2. The molecule has 0 atom stereocenters. The Morgan fingerprint density at radius 3 is 2.83 bits per heavy atom. The minimum atomic E-state index is -0.966. The number of anilines is 1. The van der Waals surface area contributed by atoms with Gasteiger partial charge in [-0.05, 0) is 17.7 Å². The summed E-state index contributed by atoms with van der Waals surface area (Å²) in [5.74, 6) is -0.966. The number of carboxylic acids is 1. The van der Waals surface area contributed by atoms with Crippen LogP contribution < -0.4 is 5.32 Å². The number of benzene rings is 1. The smallest absolute Gasteiger partial charge is 0.337 e. The number of pyridine rings is 1. The summed E-state index contributed by atoms with van der Waals surface area (Å²) in [6.07, 6.45) is 2.98. The quantitative estimate of drug-likeness (QED) is 0.911. The molecule has 0 aliphatic heterocycles. The number of carboxylic acid groups (broad SMARTS) is 1. The monoisotopic (exact) mass is 306 g/mol. The molecule has 92 valence electrons. The van der Waals surface area contributed by atoms with Crippen LogP contribution in [-0.2, 0) is 6.54 Å². The molecule has 2 rings (SSSR count). The van der Waals surface area contributed by atoms with Crippen molar-refractivity contribution in [1.82, 2.24) is 4.98 Å². The highest BCUT2D eigenvalue weighted by atomic mass is 79.9. The van der Waals surface area contributed by atoms with E-state index in [0.29, 0.717) is 12.2 Å². The van der Waals surface area contributed by atoms with Gasteiger partial charge in [-0.1, -0.05) is 34.1 Å². The number of rotatable bonds is 4. The second-order valence-corrected chi connectivity index (χ2v) is 4.53. The summed E-state index contributed by atoms with van der Waals surface area (Å²) < 4.78 is 0.985. The van der Waals surface area contributed by atoms with Gasteiger partial charge in [0.2, 0.25) is 0 Å². The van der Waals surface area contributed by atoms with Crippen molar-refractivity contribution in [3.63, 3.8) is 0 Å². The van der Waals surface area contributed by atoms with Crippen LogP contribution >= 0.6 is 15.9 Å². The minimum absolute atomic E-state index is 0.219. The van der Waals surface area contributed by atoms with Crippen molar-refractivity contribution < 1.29 is 9.90 Å². The van der Waals surface area contributed by atoms with E-state index in [1.807, 2.05) is 24.3 Å². The lowest BCUT2D eigenvalue weighted by Crippen LogP contribution is -2.07. The topological polar surface area (TPSA) is 62.2 Å². The molecule has 0 saturated carbocycles. The number of halogens is 1. The van der Waals surface area contributed by atoms with Crippen molar-refractivity contribution in [2.45, 2.75) is 6.54 Å². The zero-order valence-corrected chi connectivity index (χ0v) is 11.0. The number of aromatic nitrogens is 1. The molecule has 0 saturated heterocycles. The first kappa shape index (κ1) is 12.6. The van der Waals surface area contributed by atoms with Gasteiger partial charge in [-0.25, -0.2) is 4.79 Å². The molecule has 4 nitrogen and oxygen atoms in total. The highest BCUT2D eigenvalue weighted by Crippen LogP contribution is 2.19. The Morgan fingerprint density at radius 2 is 2.11 bits per heavy atom. The van der Waals surface area contributed by atoms with Crippen molar-refractivity contribution in [2.75, 3.05) is 5.32 Å². The Kier molecular flexibility index (Phi) is 3.94. The first-order chi connectivity index (χ1) is 8.68. The highest BCUT2D eigenvalue weighted by Gasteiger charge is 2.09. The Bertz CT molecular complexity index is 572. The van der Waals surface area contributed by atoms with E-state index in [1.165, 1.54) is 18.5 Å². The highest BCUT2D eigenvalue weighted by molar-refractivity contribution is 9.10. The average molecular weight is 307 g/mol. The van der Waals surface area contributed by atoms with Gasteiger partial charge >= 0.3 is 5.97 Å². The van der Waals surface area contributed by atoms with E-state index in [4.69, 9.17) is 5.11 Å². The van der Waals surface area contributed by atoms with Gasteiger partial charge in [-0.15, -0.1) is 0 Å². The summed E-state index contributed by atoms with van der Waals surface area (Å²) >= 11 is 3.45. The number of nitrogens with one attached hydrogen (secondary N) is 1. The molecule has 0 bridgehead atoms. The van der Waals surface area contributed by atoms with E-state index in [9.17, 15) is 4.79 Å². The zero-order valence-electron chi connectivity index (χ0n) is 9.43. The van der Waals surface area contributed by atoms with Crippen LogP contribution in [0.15, 0.2) is 47.2 Å². The molecular weight excluding hydrogens is 296 g/mol. The Hall–Kier alpha value is -1.88. The largest absolute Gasteiger partial charge is 0.478 e. The molecule has 0 aliphatic carbocycles. The van der Waals surface area contributed by atoms with E-state index in [-0.39, 0.29) is 5.56 Å². The molecule has 0 spiro atoms. The van der Waals surface area contributed by atoms with Crippen molar-refractivity contribution in [3.05, 3.63) is 58.3 Å². The van der Waals surface area contributed by atoms with E-state index >= 15 is 0 Å². The predicted molar refractivity (Wildman–Crippen MR) is 72.7 cm³/mol. The normalized spacial score (nSPS) is 10.1. The lowest BCUT2D eigenvalue weighted by Gasteiger charge is -2.09. The van der Waals surface area contributed by atoms with Gasteiger partial charge in [0.25, 0.3) is 0 Å². The number of hydrogen-bond donors (Lipinski definition) is 2. The van der Waals surface area contributed by atoms with Crippen molar-refractivity contribution in [1.29, 1.82) is 0 Å². The standard InChI is InChI=1S/C13H11BrN2O2/c14-11-4-2-1-3-9(11)7-16-12-8-15-6-5-10(12)13(17)18/h1-6,8,16H,7H2,(H,17,18). The molecule has 2 aromatic rings. The van der Waals surface area contributed by atoms with Gasteiger partial charge in [0.15, 0.2) is 0 Å². The van der Waals surface area contributed by atoms with Crippen molar-refractivity contribution in [2.24, 2.45) is 0 Å². The summed E-state index contributed by atoms with van der Waals surface area (Å²) in [5, 5.41) is 12.1. The number of hydrogen-bond acceptors (Lipinski definition) is 3. The minimum Gasteiger partial charge on any atom is -0.478 e. The summed E-state index contributed by atoms with van der Waals surface area (Å²) in [4.78, 5) is 14.9. The van der Waals surface area contributed by atoms with Gasteiger partial charge in [-0.2, -0.15) is 0 Å². The maximum absolute atomic E-state index is 11.0. The summed E-state index contributed by atoms with van der Waals surface area (Å²) in [5.41, 5.74) is 1.79. The first-order valence-electron chi connectivity index (χ1n) is 5.33. The van der Waals surface area contributed by atoms with Crippen LogP contribution in [0.3, 0.4) is 0 Å².